The predicted molar refractivity (Wildman–Crippen MR) is 66.1 cm³/mol. The summed E-state index contributed by atoms with van der Waals surface area (Å²) in [7, 11) is 0. The van der Waals surface area contributed by atoms with E-state index in [0.29, 0.717) is 12.8 Å². The van der Waals surface area contributed by atoms with Gasteiger partial charge in [-0.1, -0.05) is 13.8 Å². The minimum Gasteiger partial charge on any atom is -0.511 e. The molecule has 16 heavy (non-hydrogen) atoms. The molecule has 0 saturated carbocycles. The minimum absolute atomic E-state index is 0.0138. The minimum atomic E-state index is -0.199. The molecule has 0 spiro atoms. The highest BCUT2D eigenvalue weighted by Gasteiger charge is 2.32. The van der Waals surface area contributed by atoms with Crippen molar-refractivity contribution < 1.29 is 9.90 Å². The highest BCUT2D eigenvalue weighted by molar-refractivity contribution is 7.80. The van der Waals surface area contributed by atoms with E-state index < -0.39 is 0 Å². The molecule has 1 aliphatic rings. The molecule has 0 aromatic rings. The van der Waals surface area contributed by atoms with Gasteiger partial charge in [-0.05, 0) is 17.6 Å². The van der Waals surface area contributed by atoms with E-state index >= 15 is 0 Å². The summed E-state index contributed by atoms with van der Waals surface area (Å²) < 4.78 is 0. The van der Waals surface area contributed by atoms with Crippen molar-refractivity contribution in [3.05, 3.63) is 11.3 Å². The number of rotatable bonds is 2. The van der Waals surface area contributed by atoms with Crippen LogP contribution in [0, 0.1) is 5.41 Å². The number of thiocarbonyl (C=S) groups is 1. The monoisotopic (exact) mass is 241 g/mol. The summed E-state index contributed by atoms with van der Waals surface area (Å²) in [6.45, 7) is 3.87. The summed E-state index contributed by atoms with van der Waals surface area (Å²) in [6.07, 6.45) is 2.12. The molecule has 0 atom stereocenters. The van der Waals surface area contributed by atoms with Crippen LogP contribution in [0.15, 0.2) is 16.4 Å². The second kappa shape index (κ2) is 4.61. The third kappa shape index (κ3) is 3.30. The van der Waals surface area contributed by atoms with Gasteiger partial charge in [0.05, 0.1) is 11.8 Å². The van der Waals surface area contributed by atoms with Crippen molar-refractivity contribution in [3.63, 3.8) is 0 Å². The first-order valence-corrected chi connectivity index (χ1v) is 5.26. The molecule has 0 amide bonds. The second-order valence-electron chi connectivity index (χ2n) is 4.54. The summed E-state index contributed by atoms with van der Waals surface area (Å²) in [6, 6.07) is 0. The summed E-state index contributed by atoms with van der Waals surface area (Å²) in [5.74, 6) is -0.0584. The first-order chi connectivity index (χ1) is 7.32. The lowest BCUT2D eigenvalue weighted by atomic mass is 9.77. The van der Waals surface area contributed by atoms with Crippen LogP contribution >= 0.6 is 12.2 Å². The average molecular weight is 241 g/mol. The van der Waals surface area contributed by atoms with Gasteiger partial charge in [0, 0.05) is 12.8 Å². The van der Waals surface area contributed by atoms with Crippen LogP contribution in [0.2, 0.25) is 0 Å². The van der Waals surface area contributed by atoms with Crippen molar-refractivity contribution in [2.75, 3.05) is 0 Å². The highest BCUT2D eigenvalue weighted by atomic mass is 32.1. The van der Waals surface area contributed by atoms with Crippen molar-refractivity contribution in [2.45, 2.75) is 26.7 Å². The number of allylic oxidation sites excluding steroid dienone is 2. The molecular weight excluding hydrogens is 226 g/mol. The van der Waals surface area contributed by atoms with Gasteiger partial charge in [0.15, 0.2) is 10.9 Å². The number of nitrogens with one attached hydrogen (secondary N) is 1. The lowest BCUT2D eigenvalue weighted by Crippen LogP contribution is -2.28. The van der Waals surface area contributed by atoms with Crippen LogP contribution in [0.3, 0.4) is 0 Å². The first-order valence-electron chi connectivity index (χ1n) is 4.86. The second-order valence-corrected chi connectivity index (χ2v) is 4.98. The number of carbonyl (C=O) groups is 1. The number of carbonyl (C=O) groups excluding carboxylic acids is 1. The van der Waals surface area contributed by atoms with Crippen molar-refractivity contribution in [1.29, 1.82) is 0 Å². The molecule has 6 heteroatoms. The molecule has 0 aromatic carbocycles. The molecule has 0 aromatic heterocycles. The van der Waals surface area contributed by atoms with Crippen LogP contribution in [0.25, 0.3) is 0 Å². The Morgan fingerprint density at radius 1 is 1.62 bits per heavy atom. The molecular formula is C10H15N3O2S. The normalized spacial score (nSPS) is 20.2. The third-order valence-electron chi connectivity index (χ3n) is 2.26. The number of hydrazone groups is 1. The maximum Gasteiger partial charge on any atom is 0.184 e. The molecule has 4 N–H and O–H groups in total. The van der Waals surface area contributed by atoms with E-state index in [0.717, 1.165) is 0 Å². The van der Waals surface area contributed by atoms with E-state index in [4.69, 9.17) is 5.73 Å². The van der Waals surface area contributed by atoms with E-state index in [1.54, 1.807) is 0 Å². The highest BCUT2D eigenvalue weighted by Crippen LogP contribution is 2.34. The van der Waals surface area contributed by atoms with Crippen molar-refractivity contribution in [1.82, 2.24) is 5.43 Å². The van der Waals surface area contributed by atoms with Gasteiger partial charge in [-0.15, -0.1) is 0 Å². The number of ketones is 1. The Morgan fingerprint density at radius 2 is 2.25 bits per heavy atom. The topological polar surface area (TPSA) is 87.7 Å². The smallest absolute Gasteiger partial charge is 0.184 e. The molecule has 0 radical (unpaired) electrons. The fraction of sp³-hybridized carbons (Fsp3) is 0.500. The quantitative estimate of drug-likeness (QED) is 0.381. The molecule has 0 unspecified atom stereocenters. The SMILES string of the molecule is CC1(C)CC(=O)C(/C=N/NC(N)=S)=C(O)C1. The number of nitrogens with zero attached hydrogens (tertiary/aromatic N) is 1. The maximum absolute atomic E-state index is 11.7. The van der Waals surface area contributed by atoms with Gasteiger partial charge in [0.2, 0.25) is 0 Å². The largest absolute Gasteiger partial charge is 0.511 e. The number of aliphatic hydroxyl groups excluding tert-OH is 1. The van der Waals surface area contributed by atoms with Gasteiger partial charge in [0.1, 0.15) is 5.76 Å². The molecule has 1 rings (SSSR count). The lowest BCUT2D eigenvalue weighted by molar-refractivity contribution is -0.117. The van der Waals surface area contributed by atoms with Crippen LogP contribution in [-0.2, 0) is 4.79 Å². The Bertz CT molecular complexity index is 386. The number of hydrogen-bond acceptors (Lipinski definition) is 4. The number of aliphatic hydroxyl groups is 1. The van der Waals surface area contributed by atoms with Crippen molar-refractivity contribution in [2.24, 2.45) is 16.3 Å². The fourth-order valence-corrected chi connectivity index (χ4v) is 1.66. The van der Waals surface area contributed by atoms with Crippen LogP contribution in [0.5, 0.6) is 0 Å². The molecule has 1 aliphatic carbocycles. The van der Waals surface area contributed by atoms with E-state index in [-0.39, 0.29) is 27.6 Å². The molecule has 5 nitrogen and oxygen atoms in total. The number of nitrogens with two attached hydrogens (primary N) is 1. The standard InChI is InChI=1S/C10H15N3O2S/c1-10(2)3-7(14)6(8(15)4-10)5-12-13-9(11)16/h5,14H,3-4H2,1-2H3,(H3,11,13,16)/b12-5+. The lowest BCUT2D eigenvalue weighted by Gasteiger charge is -2.28. The molecule has 88 valence electrons. The van der Waals surface area contributed by atoms with E-state index in [9.17, 15) is 9.90 Å². The Balaban J connectivity index is 2.83. The Labute approximate surface area is 99.4 Å². The Hall–Kier alpha value is -1.43. The van der Waals surface area contributed by atoms with E-state index in [1.807, 2.05) is 13.8 Å². The number of Topliss-reactive ketones (excluding diaryl/α,β-unsaturated/α-hetero) is 1. The van der Waals surface area contributed by atoms with Crippen LogP contribution in [0.1, 0.15) is 26.7 Å². The zero-order valence-electron chi connectivity index (χ0n) is 9.28. The van der Waals surface area contributed by atoms with Gasteiger partial charge < -0.3 is 10.8 Å². The Morgan fingerprint density at radius 3 is 2.75 bits per heavy atom. The summed E-state index contributed by atoms with van der Waals surface area (Å²) in [5, 5.41) is 13.4. The third-order valence-corrected chi connectivity index (χ3v) is 2.36. The van der Waals surface area contributed by atoms with Crippen LogP contribution in [-0.4, -0.2) is 22.2 Å². The first kappa shape index (κ1) is 12.6. The van der Waals surface area contributed by atoms with Gasteiger partial charge in [0.25, 0.3) is 0 Å². The summed E-state index contributed by atoms with van der Waals surface area (Å²) in [5.41, 5.74) is 7.53. The molecule has 0 bridgehead atoms. The van der Waals surface area contributed by atoms with Gasteiger partial charge in [-0.3, -0.25) is 10.2 Å². The molecule has 0 aliphatic heterocycles. The fourth-order valence-electron chi connectivity index (χ4n) is 1.61. The summed E-state index contributed by atoms with van der Waals surface area (Å²) in [4.78, 5) is 11.7. The van der Waals surface area contributed by atoms with Crippen molar-refractivity contribution in [3.8, 4) is 0 Å². The summed E-state index contributed by atoms with van der Waals surface area (Å²) >= 11 is 4.55. The molecule has 0 saturated heterocycles. The zero-order valence-corrected chi connectivity index (χ0v) is 10.1. The van der Waals surface area contributed by atoms with Crippen LogP contribution in [0.4, 0.5) is 0 Å². The maximum atomic E-state index is 11.7. The van der Waals surface area contributed by atoms with Crippen LogP contribution < -0.4 is 11.2 Å². The van der Waals surface area contributed by atoms with E-state index in [1.165, 1.54) is 6.21 Å². The molecule has 0 heterocycles. The average Bonchev–Trinajstić information content (AvgIpc) is 2.07. The van der Waals surface area contributed by atoms with Gasteiger partial charge in [-0.25, -0.2) is 0 Å². The number of hydrogen-bond donors (Lipinski definition) is 3. The molecule has 0 fully saturated rings. The van der Waals surface area contributed by atoms with E-state index in [2.05, 4.69) is 22.7 Å². The zero-order chi connectivity index (χ0) is 12.3. The predicted octanol–water partition coefficient (Wildman–Crippen LogP) is 1.01. The van der Waals surface area contributed by atoms with Gasteiger partial charge in [-0.2, -0.15) is 5.10 Å². The Kier molecular flexibility index (Phi) is 3.64. The van der Waals surface area contributed by atoms with Crippen molar-refractivity contribution >= 4 is 29.3 Å². The van der Waals surface area contributed by atoms with Gasteiger partial charge >= 0.3 is 0 Å².